The van der Waals surface area contributed by atoms with Crippen LogP contribution in [0.2, 0.25) is 0 Å². The number of anilines is 2. The Morgan fingerprint density at radius 3 is 2.16 bits per heavy atom. The van der Waals surface area contributed by atoms with E-state index in [4.69, 9.17) is 9.97 Å². The molecular formula is C21H18ClN3. The molecule has 0 bridgehead atoms. The Hall–Kier alpha value is -2.91. The quantitative estimate of drug-likeness (QED) is 0.511. The second-order valence-electron chi connectivity index (χ2n) is 5.77. The highest BCUT2D eigenvalue weighted by Crippen LogP contribution is 2.27. The molecule has 4 rings (SSSR count). The highest BCUT2D eigenvalue weighted by molar-refractivity contribution is 5.92. The average Bonchev–Trinajstić information content (AvgIpc) is 2.64. The van der Waals surface area contributed by atoms with Crippen LogP contribution < -0.4 is 5.32 Å². The number of fused-ring (bicyclic) bond motifs is 1. The van der Waals surface area contributed by atoms with Gasteiger partial charge < -0.3 is 5.32 Å². The van der Waals surface area contributed by atoms with Gasteiger partial charge in [0.25, 0.3) is 0 Å². The third-order valence-electron chi connectivity index (χ3n) is 3.95. The maximum absolute atomic E-state index is 4.77. The van der Waals surface area contributed by atoms with Gasteiger partial charge >= 0.3 is 0 Å². The Morgan fingerprint density at radius 2 is 1.40 bits per heavy atom. The molecule has 4 heteroatoms. The van der Waals surface area contributed by atoms with E-state index in [0.717, 1.165) is 33.8 Å². The summed E-state index contributed by atoms with van der Waals surface area (Å²) in [5, 5.41) is 4.44. The SMILES string of the molecule is Cc1ccc(Nc2nc(-c3ccccc3)nc3ccccc23)cc1.Cl. The number of para-hydroxylation sites is 1. The Kier molecular flexibility index (Phi) is 4.96. The molecule has 4 aromatic rings. The summed E-state index contributed by atoms with van der Waals surface area (Å²) in [6.45, 7) is 2.08. The van der Waals surface area contributed by atoms with Gasteiger partial charge in [0.15, 0.2) is 5.82 Å². The standard InChI is InChI=1S/C21H17N3.ClH/c1-15-11-13-17(14-12-15)22-21-18-9-5-6-10-19(18)23-20(24-21)16-7-3-2-4-8-16;/h2-14H,1H3,(H,22,23,24);1H. The van der Waals surface area contributed by atoms with Gasteiger partial charge in [-0.3, -0.25) is 0 Å². The van der Waals surface area contributed by atoms with Crippen molar-refractivity contribution in [2.24, 2.45) is 0 Å². The van der Waals surface area contributed by atoms with Crippen molar-refractivity contribution in [3.63, 3.8) is 0 Å². The summed E-state index contributed by atoms with van der Waals surface area (Å²) >= 11 is 0. The van der Waals surface area contributed by atoms with Gasteiger partial charge in [-0.15, -0.1) is 12.4 Å². The summed E-state index contributed by atoms with van der Waals surface area (Å²) in [4.78, 5) is 9.48. The Balaban J connectivity index is 0.00000182. The van der Waals surface area contributed by atoms with E-state index in [2.05, 4.69) is 36.5 Å². The summed E-state index contributed by atoms with van der Waals surface area (Å²) in [6, 6.07) is 26.4. The van der Waals surface area contributed by atoms with Gasteiger partial charge in [0, 0.05) is 16.6 Å². The molecule has 0 saturated heterocycles. The number of hydrogen-bond donors (Lipinski definition) is 1. The first-order valence-corrected chi connectivity index (χ1v) is 7.95. The van der Waals surface area contributed by atoms with Crippen molar-refractivity contribution >= 4 is 34.8 Å². The number of rotatable bonds is 3. The molecule has 3 nitrogen and oxygen atoms in total. The fourth-order valence-corrected chi connectivity index (χ4v) is 2.66. The van der Waals surface area contributed by atoms with Crippen LogP contribution in [0, 0.1) is 6.92 Å². The maximum atomic E-state index is 4.77. The highest BCUT2D eigenvalue weighted by atomic mass is 35.5. The third-order valence-corrected chi connectivity index (χ3v) is 3.95. The van der Waals surface area contributed by atoms with Crippen molar-refractivity contribution in [1.82, 2.24) is 9.97 Å². The lowest BCUT2D eigenvalue weighted by atomic mass is 10.1. The summed E-state index contributed by atoms with van der Waals surface area (Å²) in [5.41, 5.74) is 4.19. The van der Waals surface area contributed by atoms with Gasteiger partial charge in [-0.05, 0) is 31.2 Å². The normalized spacial score (nSPS) is 10.3. The van der Waals surface area contributed by atoms with Gasteiger partial charge in [0.2, 0.25) is 0 Å². The topological polar surface area (TPSA) is 37.8 Å². The molecule has 0 fully saturated rings. The largest absolute Gasteiger partial charge is 0.340 e. The predicted molar refractivity (Wildman–Crippen MR) is 107 cm³/mol. The van der Waals surface area contributed by atoms with Crippen molar-refractivity contribution in [3.05, 3.63) is 84.4 Å². The molecule has 0 radical (unpaired) electrons. The minimum Gasteiger partial charge on any atom is -0.340 e. The zero-order chi connectivity index (χ0) is 16.4. The second-order valence-corrected chi connectivity index (χ2v) is 5.77. The number of nitrogens with one attached hydrogen (secondary N) is 1. The molecule has 0 aliphatic carbocycles. The van der Waals surface area contributed by atoms with E-state index < -0.39 is 0 Å². The van der Waals surface area contributed by atoms with Crippen molar-refractivity contribution < 1.29 is 0 Å². The van der Waals surface area contributed by atoms with Gasteiger partial charge in [-0.25, -0.2) is 9.97 Å². The first kappa shape index (κ1) is 16.9. The lowest BCUT2D eigenvalue weighted by molar-refractivity contribution is 1.22. The zero-order valence-corrected chi connectivity index (χ0v) is 14.6. The number of halogens is 1. The molecule has 124 valence electrons. The van der Waals surface area contributed by atoms with Crippen LogP contribution in [0.25, 0.3) is 22.3 Å². The van der Waals surface area contributed by atoms with Crippen molar-refractivity contribution in [2.45, 2.75) is 6.92 Å². The molecule has 1 aromatic heterocycles. The summed E-state index contributed by atoms with van der Waals surface area (Å²) in [6.07, 6.45) is 0. The molecule has 0 unspecified atom stereocenters. The van der Waals surface area contributed by atoms with Gasteiger partial charge in [-0.1, -0.05) is 60.2 Å². The first-order valence-electron chi connectivity index (χ1n) is 7.95. The molecule has 0 saturated carbocycles. The van der Waals surface area contributed by atoms with Crippen LogP contribution in [-0.4, -0.2) is 9.97 Å². The van der Waals surface area contributed by atoms with Crippen LogP contribution in [0.3, 0.4) is 0 Å². The van der Waals surface area contributed by atoms with E-state index in [1.54, 1.807) is 0 Å². The molecular weight excluding hydrogens is 330 g/mol. The van der Waals surface area contributed by atoms with Crippen molar-refractivity contribution in [1.29, 1.82) is 0 Å². The summed E-state index contributed by atoms with van der Waals surface area (Å²) < 4.78 is 0. The highest BCUT2D eigenvalue weighted by Gasteiger charge is 2.09. The minimum absolute atomic E-state index is 0. The lowest BCUT2D eigenvalue weighted by Crippen LogP contribution is -1.99. The molecule has 0 amide bonds. The lowest BCUT2D eigenvalue weighted by Gasteiger charge is -2.11. The number of hydrogen-bond acceptors (Lipinski definition) is 3. The van der Waals surface area contributed by atoms with Crippen LogP contribution >= 0.6 is 12.4 Å². The Labute approximate surface area is 153 Å². The van der Waals surface area contributed by atoms with E-state index in [1.165, 1.54) is 5.56 Å². The van der Waals surface area contributed by atoms with Crippen LogP contribution in [0.1, 0.15) is 5.56 Å². The molecule has 0 aliphatic rings. The smallest absolute Gasteiger partial charge is 0.162 e. The Morgan fingerprint density at radius 1 is 0.720 bits per heavy atom. The summed E-state index contributed by atoms with van der Waals surface area (Å²) in [5.74, 6) is 1.55. The molecule has 1 heterocycles. The molecule has 0 atom stereocenters. The molecule has 0 aliphatic heterocycles. The molecule has 3 aromatic carbocycles. The monoisotopic (exact) mass is 347 g/mol. The molecule has 25 heavy (non-hydrogen) atoms. The average molecular weight is 348 g/mol. The number of benzene rings is 3. The van der Waals surface area contributed by atoms with Gasteiger partial charge in [0.05, 0.1) is 5.52 Å². The minimum atomic E-state index is 0. The summed E-state index contributed by atoms with van der Waals surface area (Å²) in [7, 11) is 0. The van der Waals surface area contributed by atoms with E-state index >= 15 is 0 Å². The van der Waals surface area contributed by atoms with Crippen molar-refractivity contribution in [3.8, 4) is 11.4 Å². The Bertz CT molecular complexity index is 983. The second kappa shape index (κ2) is 7.32. The predicted octanol–water partition coefficient (Wildman–Crippen LogP) is 5.77. The molecule has 1 N–H and O–H groups in total. The number of aromatic nitrogens is 2. The fraction of sp³-hybridized carbons (Fsp3) is 0.0476. The van der Waals surface area contributed by atoms with E-state index in [0.29, 0.717) is 0 Å². The van der Waals surface area contributed by atoms with Crippen LogP contribution in [0.5, 0.6) is 0 Å². The van der Waals surface area contributed by atoms with E-state index in [-0.39, 0.29) is 12.4 Å². The van der Waals surface area contributed by atoms with Crippen LogP contribution in [0.15, 0.2) is 78.9 Å². The van der Waals surface area contributed by atoms with Gasteiger partial charge in [0.1, 0.15) is 5.82 Å². The maximum Gasteiger partial charge on any atom is 0.162 e. The van der Waals surface area contributed by atoms with Crippen molar-refractivity contribution in [2.75, 3.05) is 5.32 Å². The van der Waals surface area contributed by atoms with E-state index in [9.17, 15) is 0 Å². The number of aryl methyl sites for hydroxylation is 1. The first-order chi connectivity index (χ1) is 11.8. The van der Waals surface area contributed by atoms with Crippen LogP contribution in [0.4, 0.5) is 11.5 Å². The van der Waals surface area contributed by atoms with E-state index in [1.807, 2.05) is 54.6 Å². The zero-order valence-electron chi connectivity index (χ0n) is 13.8. The fourth-order valence-electron chi connectivity index (χ4n) is 2.66. The van der Waals surface area contributed by atoms with Gasteiger partial charge in [-0.2, -0.15) is 0 Å². The number of nitrogens with zero attached hydrogens (tertiary/aromatic N) is 2. The molecule has 0 spiro atoms. The van der Waals surface area contributed by atoms with Crippen LogP contribution in [-0.2, 0) is 0 Å². The third kappa shape index (κ3) is 3.62.